The van der Waals surface area contributed by atoms with Gasteiger partial charge < -0.3 is 24.5 Å². The molecule has 1 aromatic rings. The summed E-state index contributed by atoms with van der Waals surface area (Å²) in [5.74, 6) is -1.13. The Morgan fingerprint density at radius 2 is 1.97 bits per heavy atom. The number of aromatic amines is 1. The van der Waals surface area contributed by atoms with E-state index in [1.807, 2.05) is 6.92 Å². The standard InChI is InChI=1S/C17H25N3O9S/c1-5-6-11-7-18-17(23)20-15(11)19-16-14(27-10(3)22)13(29-30(4,24)25)12(28-16)8-26-9(2)21/h7,12-14,16H,5-6,8H2,1-4H3,(H2,18,19,20,23)/t12-,13+,14-,16-/m1/s1. The number of esters is 2. The first-order chi connectivity index (χ1) is 14.0. The Hall–Kier alpha value is -2.51. The first kappa shape index (κ1) is 23.8. The Morgan fingerprint density at radius 3 is 2.53 bits per heavy atom. The molecule has 13 heteroatoms. The Labute approximate surface area is 173 Å². The van der Waals surface area contributed by atoms with Crippen molar-refractivity contribution in [3.63, 3.8) is 0 Å². The molecular formula is C17H25N3O9S. The molecule has 2 rings (SSSR count). The lowest BCUT2D eigenvalue weighted by Gasteiger charge is -2.24. The third-order valence-electron chi connectivity index (χ3n) is 4.03. The second-order valence-corrected chi connectivity index (χ2v) is 8.31. The molecule has 0 spiro atoms. The minimum absolute atomic E-state index is 0.189. The normalized spacial score (nSPS) is 23.7. The van der Waals surface area contributed by atoms with Crippen molar-refractivity contribution >= 4 is 27.9 Å². The topological polar surface area (TPSA) is 163 Å². The summed E-state index contributed by atoms with van der Waals surface area (Å²) in [4.78, 5) is 40.9. The maximum Gasteiger partial charge on any atom is 0.346 e. The lowest BCUT2D eigenvalue weighted by molar-refractivity contribution is -0.151. The molecule has 0 radical (unpaired) electrons. The second kappa shape index (κ2) is 10.00. The number of ether oxygens (including phenoxy) is 3. The zero-order chi connectivity index (χ0) is 22.5. The molecule has 2 N–H and O–H groups in total. The van der Waals surface area contributed by atoms with Gasteiger partial charge in [0.15, 0.2) is 12.3 Å². The molecule has 4 atom stereocenters. The molecule has 30 heavy (non-hydrogen) atoms. The van der Waals surface area contributed by atoms with Gasteiger partial charge in [0, 0.05) is 25.6 Å². The highest BCUT2D eigenvalue weighted by Gasteiger charge is 2.50. The van der Waals surface area contributed by atoms with Gasteiger partial charge in [-0.1, -0.05) is 13.3 Å². The van der Waals surface area contributed by atoms with Gasteiger partial charge in [-0.25, -0.2) is 4.79 Å². The summed E-state index contributed by atoms with van der Waals surface area (Å²) in [5.41, 5.74) is 0.0612. The molecule has 1 saturated heterocycles. The largest absolute Gasteiger partial charge is 0.463 e. The molecule has 168 valence electrons. The molecule has 0 bridgehead atoms. The molecule has 0 amide bonds. The van der Waals surface area contributed by atoms with Crippen molar-refractivity contribution in [1.82, 2.24) is 9.97 Å². The van der Waals surface area contributed by atoms with E-state index >= 15 is 0 Å². The third kappa shape index (κ3) is 6.78. The van der Waals surface area contributed by atoms with E-state index in [9.17, 15) is 22.8 Å². The van der Waals surface area contributed by atoms with Crippen molar-refractivity contribution in [3.05, 3.63) is 22.2 Å². The summed E-state index contributed by atoms with van der Waals surface area (Å²) < 4.78 is 44.5. The van der Waals surface area contributed by atoms with Gasteiger partial charge in [0.25, 0.3) is 10.1 Å². The maximum absolute atomic E-state index is 11.7. The van der Waals surface area contributed by atoms with Crippen molar-refractivity contribution in [3.8, 4) is 0 Å². The highest BCUT2D eigenvalue weighted by atomic mass is 32.2. The molecule has 1 aromatic heterocycles. The number of carbonyl (C=O) groups is 2. The number of carbonyl (C=O) groups excluding carboxylic acids is 2. The number of anilines is 1. The highest BCUT2D eigenvalue weighted by molar-refractivity contribution is 7.86. The molecule has 12 nitrogen and oxygen atoms in total. The molecule has 2 heterocycles. The number of hydrogen-bond donors (Lipinski definition) is 2. The van der Waals surface area contributed by atoms with Crippen LogP contribution in [0.4, 0.5) is 5.82 Å². The van der Waals surface area contributed by atoms with Gasteiger partial charge >= 0.3 is 17.6 Å². The van der Waals surface area contributed by atoms with Gasteiger partial charge in [0.2, 0.25) is 0 Å². The highest BCUT2D eigenvalue weighted by Crippen LogP contribution is 2.30. The van der Waals surface area contributed by atoms with Crippen LogP contribution in [0.3, 0.4) is 0 Å². The average Bonchev–Trinajstić information content (AvgIpc) is 2.90. The van der Waals surface area contributed by atoms with E-state index in [-0.39, 0.29) is 12.4 Å². The molecule has 0 aliphatic carbocycles. The number of hydrogen-bond acceptors (Lipinski definition) is 11. The van der Waals surface area contributed by atoms with Crippen molar-refractivity contribution in [2.75, 3.05) is 18.2 Å². The quantitative estimate of drug-likeness (QED) is 0.377. The predicted molar refractivity (Wildman–Crippen MR) is 103 cm³/mol. The molecule has 1 aliphatic heterocycles. The number of nitrogens with zero attached hydrogens (tertiary/aromatic N) is 1. The number of aromatic nitrogens is 2. The SMILES string of the molecule is CCCc1c[nH]c(=O)nc1N[C@@H]1O[C@H](COC(C)=O)[C@H](OS(C)(=O)=O)[C@H]1OC(C)=O. The van der Waals surface area contributed by atoms with Crippen LogP contribution in [0, 0.1) is 0 Å². The van der Waals surface area contributed by atoms with E-state index in [1.165, 1.54) is 13.1 Å². The summed E-state index contributed by atoms with van der Waals surface area (Å²) in [6.45, 7) is 3.92. The van der Waals surface area contributed by atoms with Crippen molar-refractivity contribution in [1.29, 1.82) is 0 Å². The monoisotopic (exact) mass is 447 g/mol. The Bertz CT molecular complexity index is 931. The molecule has 1 aliphatic rings. The lowest BCUT2D eigenvalue weighted by atomic mass is 10.1. The van der Waals surface area contributed by atoms with Crippen LogP contribution in [-0.2, 0) is 44.5 Å². The number of nitrogens with one attached hydrogen (secondary N) is 2. The van der Waals surface area contributed by atoms with Crippen LogP contribution in [0.15, 0.2) is 11.0 Å². The van der Waals surface area contributed by atoms with Crippen LogP contribution in [0.25, 0.3) is 0 Å². The smallest absolute Gasteiger partial charge is 0.346 e. The van der Waals surface area contributed by atoms with E-state index in [4.69, 9.17) is 18.4 Å². The summed E-state index contributed by atoms with van der Waals surface area (Å²) in [6.07, 6.45) is -1.04. The van der Waals surface area contributed by atoms with Crippen LogP contribution in [-0.4, -0.2) is 67.7 Å². The van der Waals surface area contributed by atoms with Crippen molar-refractivity contribution < 1.29 is 36.4 Å². The average molecular weight is 447 g/mol. The maximum atomic E-state index is 11.7. The zero-order valence-electron chi connectivity index (χ0n) is 17.0. The van der Waals surface area contributed by atoms with Crippen molar-refractivity contribution in [2.24, 2.45) is 0 Å². The zero-order valence-corrected chi connectivity index (χ0v) is 17.9. The van der Waals surface area contributed by atoms with E-state index in [0.717, 1.165) is 19.6 Å². The number of H-pyrrole nitrogens is 1. The molecular weight excluding hydrogens is 422 g/mol. The van der Waals surface area contributed by atoms with Crippen LogP contribution >= 0.6 is 0 Å². The molecule has 0 aromatic carbocycles. The van der Waals surface area contributed by atoms with Gasteiger partial charge in [-0.2, -0.15) is 13.4 Å². The molecule has 1 fully saturated rings. The Kier molecular flexibility index (Phi) is 7.92. The summed E-state index contributed by atoms with van der Waals surface area (Å²) in [6, 6.07) is 0. The first-order valence-electron chi connectivity index (χ1n) is 9.19. The Balaban J connectivity index is 2.38. The fraction of sp³-hybridized carbons (Fsp3) is 0.647. The van der Waals surface area contributed by atoms with Crippen LogP contribution in [0.2, 0.25) is 0 Å². The van der Waals surface area contributed by atoms with Gasteiger partial charge in [-0.3, -0.25) is 13.8 Å². The van der Waals surface area contributed by atoms with E-state index < -0.39 is 52.3 Å². The minimum Gasteiger partial charge on any atom is -0.463 e. The van der Waals surface area contributed by atoms with Crippen molar-refractivity contribution in [2.45, 2.75) is 58.2 Å². The third-order valence-corrected chi connectivity index (χ3v) is 4.61. The summed E-state index contributed by atoms with van der Waals surface area (Å²) in [5, 5.41) is 2.88. The van der Waals surface area contributed by atoms with E-state index in [2.05, 4.69) is 15.3 Å². The Morgan fingerprint density at radius 1 is 1.27 bits per heavy atom. The fourth-order valence-electron chi connectivity index (χ4n) is 2.96. The van der Waals surface area contributed by atoms with Gasteiger partial charge in [0.1, 0.15) is 24.6 Å². The summed E-state index contributed by atoms with van der Waals surface area (Å²) in [7, 11) is -3.98. The number of aryl methyl sites for hydroxylation is 1. The first-order valence-corrected chi connectivity index (χ1v) is 11.0. The minimum atomic E-state index is -3.98. The lowest BCUT2D eigenvalue weighted by Crippen LogP contribution is -2.43. The van der Waals surface area contributed by atoms with Gasteiger partial charge in [-0.05, 0) is 6.42 Å². The van der Waals surface area contributed by atoms with Gasteiger partial charge in [0.05, 0.1) is 6.26 Å². The fourth-order valence-corrected chi connectivity index (χ4v) is 3.60. The van der Waals surface area contributed by atoms with Crippen LogP contribution < -0.4 is 11.0 Å². The second-order valence-electron chi connectivity index (χ2n) is 6.71. The van der Waals surface area contributed by atoms with Crippen LogP contribution in [0.5, 0.6) is 0 Å². The molecule has 0 unspecified atom stereocenters. The van der Waals surface area contributed by atoms with Crippen LogP contribution in [0.1, 0.15) is 32.8 Å². The molecule has 0 saturated carbocycles. The number of rotatable bonds is 9. The predicted octanol–water partition coefficient (Wildman–Crippen LogP) is -0.301. The van der Waals surface area contributed by atoms with E-state index in [1.54, 1.807) is 0 Å². The van der Waals surface area contributed by atoms with Gasteiger partial charge in [-0.15, -0.1) is 0 Å². The van der Waals surface area contributed by atoms with E-state index in [0.29, 0.717) is 12.0 Å². The summed E-state index contributed by atoms with van der Waals surface area (Å²) >= 11 is 0.